The third-order valence-corrected chi connectivity index (χ3v) is 6.79. The number of alkyl carbamates (subject to hydrolysis) is 1. The SMILES string of the molecule is CC1CCC(C(=O)O)CN1C(=O)C(C)(C)NC(=O)OCC1c2ccccc2-c2ccccc21. The Labute approximate surface area is 193 Å². The number of carboxylic acid groups (broad SMARTS) is 1. The second-order valence-corrected chi connectivity index (χ2v) is 9.49. The Morgan fingerprint density at radius 2 is 1.61 bits per heavy atom. The number of likely N-dealkylation sites (tertiary alicyclic amines) is 1. The lowest BCUT2D eigenvalue weighted by Crippen LogP contribution is -2.60. The first kappa shape index (κ1) is 22.8. The molecule has 174 valence electrons. The average Bonchev–Trinajstić information content (AvgIpc) is 3.11. The number of nitrogens with zero attached hydrogens (tertiary/aromatic N) is 1. The topological polar surface area (TPSA) is 95.9 Å². The van der Waals surface area contributed by atoms with Crippen LogP contribution in [0.1, 0.15) is 50.7 Å². The molecule has 0 radical (unpaired) electrons. The number of ether oxygens (including phenoxy) is 1. The Bertz CT molecular complexity index is 1030. The maximum Gasteiger partial charge on any atom is 0.408 e. The monoisotopic (exact) mass is 450 g/mol. The molecular formula is C26H30N2O5. The lowest BCUT2D eigenvalue weighted by molar-refractivity contribution is -0.149. The van der Waals surface area contributed by atoms with Crippen molar-refractivity contribution in [3.63, 3.8) is 0 Å². The Morgan fingerprint density at radius 3 is 2.18 bits per heavy atom. The van der Waals surface area contributed by atoms with Crippen LogP contribution < -0.4 is 5.32 Å². The minimum absolute atomic E-state index is 0.0691. The minimum atomic E-state index is -1.22. The van der Waals surface area contributed by atoms with Crippen LogP contribution in [-0.2, 0) is 14.3 Å². The van der Waals surface area contributed by atoms with Crippen LogP contribution >= 0.6 is 0 Å². The van der Waals surface area contributed by atoms with E-state index in [1.165, 1.54) is 0 Å². The molecule has 2 amide bonds. The van der Waals surface area contributed by atoms with Gasteiger partial charge in [-0.15, -0.1) is 0 Å². The summed E-state index contributed by atoms with van der Waals surface area (Å²) in [5, 5.41) is 12.0. The molecular weight excluding hydrogens is 420 g/mol. The zero-order valence-corrected chi connectivity index (χ0v) is 19.2. The Morgan fingerprint density at radius 1 is 1.03 bits per heavy atom. The van der Waals surface area contributed by atoms with Gasteiger partial charge < -0.3 is 20.1 Å². The van der Waals surface area contributed by atoms with Gasteiger partial charge in [0.15, 0.2) is 0 Å². The molecule has 1 aliphatic heterocycles. The van der Waals surface area contributed by atoms with Gasteiger partial charge in [-0.25, -0.2) is 4.79 Å². The first-order chi connectivity index (χ1) is 15.7. The van der Waals surface area contributed by atoms with E-state index in [1.54, 1.807) is 18.7 Å². The molecule has 0 spiro atoms. The molecule has 2 aromatic rings. The predicted octanol–water partition coefficient (Wildman–Crippen LogP) is 4.02. The van der Waals surface area contributed by atoms with Crippen molar-refractivity contribution < 1.29 is 24.2 Å². The van der Waals surface area contributed by atoms with Gasteiger partial charge in [-0.05, 0) is 55.9 Å². The van der Waals surface area contributed by atoms with E-state index in [1.807, 2.05) is 43.3 Å². The third-order valence-electron chi connectivity index (χ3n) is 6.79. The van der Waals surface area contributed by atoms with Gasteiger partial charge in [0.05, 0.1) is 5.92 Å². The summed E-state index contributed by atoms with van der Waals surface area (Å²) < 4.78 is 5.58. The standard InChI is InChI=1S/C26H30N2O5/c1-16-12-13-17(23(29)30)14-28(16)24(31)26(2,3)27-25(32)33-15-22-20-10-6-4-8-18(20)19-9-5-7-11-21(19)22/h4-11,16-17,22H,12-15H2,1-3H3,(H,27,32)(H,29,30). The van der Waals surface area contributed by atoms with Crippen molar-refractivity contribution in [2.45, 2.75) is 51.1 Å². The van der Waals surface area contributed by atoms with Gasteiger partial charge in [-0.1, -0.05) is 48.5 Å². The van der Waals surface area contributed by atoms with E-state index < -0.39 is 23.5 Å². The van der Waals surface area contributed by atoms with Gasteiger partial charge in [-0.3, -0.25) is 9.59 Å². The summed E-state index contributed by atoms with van der Waals surface area (Å²) in [5.41, 5.74) is 3.29. The number of benzene rings is 2. The van der Waals surface area contributed by atoms with E-state index in [0.29, 0.717) is 12.8 Å². The summed E-state index contributed by atoms with van der Waals surface area (Å²) in [6.45, 7) is 5.44. The van der Waals surface area contributed by atoms with Crippen LogP contribution in [0.15, 0.2) is 48.5 Å². The van der Waals surface area contributed by atoms with Gasteiger partial charge in [0.1, 0.15) is 12.1 Å². The zero-order chi connectivity index (χ0) is 23.8. The Hall–Kier alpha value is -3.35. The summed E-state index contributed by atoms with van der Waals surface area (Å²) in [4.78, 5) is 38.8. The maximum atomic E-state index is 13.2. The number of hydrogen-bond donors (Lipinski definition) is 2. The fourth-order valence-corrected chi connectivity index (χ4v) is 4.89. The van der Waals surface area contributed by atoms with Gasteiger partial charge in [-0.2, -0.15) is 0 Å². The highest BCUT2D eigenvalue weighted by Gasteiger charge is 2.40. The largest absolute Gasteiger partial charge is 0.481 e. The molecule has 2 N–H and O–H groups in total. The molecule has 7 nitrogen and oxygen atoms in total. The summed E-state index contributed by atoms with van der Waals surface area (Å²) in [5.74, 6) is -1.87. The molecule has 1 saturated heterocycles. The van der Waals surface area contributed by atoms with Crippen LogP contribution in [0, 0.1) is 5.92 Å². The second-order valence-electron chi connectivity index (χ2n) is 9.49. The number of nitrogens with one attached hydrogen (secondary N) is 1. The number of aliphatic carboxylic acids is 1. The number of rotatable bonds is 5. The summed E-state index contributed by atoms with van der Waals surface area (Å²) in [6, 6.07) is 16.1. The molecule has 1 fully saturated rings. The number of piperidine rings is 1. The van der Waals surface area contributed by atoms with Crippen molar-refractivity contribution in [3.05, 3.63) is 59.7 Å². The van der Waals surface area contributed by atoms with Gasteiger partial charge in [0, 0.05) is 18.5 Å². The molecule has 2 atom stereocenters. The van der Waals surface area contributed by atoms with E-state index >= 15 is 0 Å². The Kier molecular flexibility index (Phi) is 6.15. The normalized spacial score (nSPS) is 20.0. The smallest absolute Gasteiger partial charge is 0.408 e. The molecule has 1 heterocycles. The van der Waals surface area contributed by atoms with Crippen molar-refractivity contribution >= 4 is 18.0 Å². The van der Waals surface area contributed by atoms with Crippen molar-refractivity contribution in [1.29, 1.82) is 0 Å². The van der Waals surface area contributed by atoms with Crippen molar-refractivity contribution in [1.82, 2.24) is 10.2 Å². The number of carbonyl (C=O) groups excluding carboxylic acids is 2. The first-order valence-corrected chi connectivity index (χ1v) is 11.4. The van der Waals surface area contributed by atoms with Crippen LogP contribution in [0.3, 0.4) is 0 Å². The molecule has 2 aliphatic rings. The summed E-state index contributed by atoms with van der Waals surface area (Å²) >= 11 is 0. The number of carbonyl (C=O) groups is 3. The third kappa shape index (κ3) is 4.45. The highest BCUT2D eigenvalue weighted by atomic mass is 16.5. The number of fused-ring (bicyclic) bond motifs is 3. The predicted molar refractivity (Wildman–Crippen MR) is 124 cm³/mol. The Balaban J connectivity index is 1.41. The first-order valence-electron chi connectivity index (χ1n) is 11.4. The fraction of sp³-hybridized carbons (Fsp3) is 0.423. The van der Waals surface area contributed by atoms with Crippen molar-refractivity contribution in [2.75, 3.05) is 13.2 Å². The van der Waals surface area contributed by atoms with Crippen molar-refractivity contribution in [3.8, 4) is 11.1 Å². The minimum Gasteiger partial charge on any atom is -0.481 e. The van der Waals surface area contributed by atoms with E-state index in [-0.39, 0.29) is 31.0 Å². The highest BCUT2D eigenvalue weighted by Crippen LogP contribution is 2.44. The lowest BCUT2D eigenvalue weighted by atomic mass is 9.91. The van der Waals surface area contributed by atoms with E-state index in [4.69, 9.17) is 4.74 Å². The molecule has 2 aromatic carbocycles. The number of amides is 2. The molecule has 4 rings (SSSR count). The molecule has 1 aliphatic carbocycles. The van der Waals surface area contributed by atoms with Crippen LogP contribution in [0.5, 0.6) is 0 Å². The van der Waals surface area contributed by atoms with Crippen LogP contribution in [0.4, 0.5) is 4.79 Å². The zero-order valence-electron chi connectivity index (χ0n) is 19.2. The average molecular weight is 451 g/mol. The van der Waals surface area contributed by atoms with Crippen LogP contribution in [-0.4, -0.2) is 52.7 Å². The molecule has 0 bridgehead atoms. The van der Waals surface area contributed by atoms with E-state index in [9.17, 15) is 19.5 Å². The molecule has 33 heavy (non-hydrogen) atoms. The van der Waals surface area contributed by atoms with E-state index in [0.717, 1.165) is 22.3 Å². The van der Waals surface area contributed by atoms with Gasteiger partial charge in [0.25, 0.3) is 0 Å². The number of hydrogen-bond acceptors (Lipinski definition) is 4. The summed E-state index contributed by atoms with van der Waals surface area (Å²) in [7, 11) is 0. The molecule has 7 heteroatoms. The highest BCUT2D eigenvalue weighted by molar-refractivity contribution is 5.90. The molecule has 2 unspecified atom stereocenters. The fourth-order valence-electron chi connectivity index (χ4n) is 4.89. The molecule has 0 saturated carbocycles. The van der Waals surface area contributed by atoms with Gasteiger partial charge in [0.2, 0.25) is 5.91 Å². The van der Waals surface area contributed by atoms with Crippen molar-refractivity contribution in [2.24, 2.45) is 5.92 Å². The summed E-state index contributed by atoms with van der Waals surface area (Å²) in [6.07, 6.45) is 0.485. The lowest BCUT2D eigenvalue weighted by Gasteiger charge is -2.40. The second kappa shape index (κ2) is 8.89. The quantitative estimate of drug-likeness (QED) is 0.717. The van der Waals surface area contributed by atoms with Crippen LogP contribution in [0.2, 0.25) is 0 Å². The van der Waals surface area contributed by atoms with Crippen LogP contribution in [0.25, 0.3) is 11.1 Å². The number of carboxylic acids is 1. The maximum absolute atomic E-state index is 13.2. The van der Waals surface area contributed by atoms with E-state index in [2.05, 4.69) is 17.4 Å². The van der Waals surface area contributed by atoms with Gasteiger partial charge >= 0.3 is 12.1 Å². The molecule has 0 aromatic heterocycles.